The summed E-state index contributed by atoms with van der Waals surface area (Å²) < 4.78 is 16.8. The van der Waals surface area contributed by atoms with Gasteiger partial charge in [0, 0.05) is 19.3 Å². The first kappa shape index (κ1) is 66.4. The Kier molecular flexibility index (Phi) is 55.7. The summed E-state index contributed by atoms with van der Waals surface area (Å²) in [4.78, 5) is 38.0. The van der Waals surface area contributed by atoms with Crippen LogP contribution in [0.4, 0.5) is 0 Å². The van der Waals surface area contributed by atoms with E-state index in [4.69, 9.17) is 14.2 Å². The molecule has 0 radical (unpaired) electrons. The quantitative estimate of drug-likeness (QED) is 0.0262. The van der Waals surface area contributed by atoms with Crippen LogP contribution in [0.1, 0.15) is 316 Å². The van der Waals surface area contributed by atoms with Crippen LogP contribution in [0, 0.1) is 0 Å². The third-order valence-corrected chi connectivity index (χ3v) is 13.3. The second-order valence-electron chi connectivity index (χ2n) is 20.2. The van der Waals surface area contributed by atoms with Crippen LogP contribution in [-0.2, 0) is 28.6 Å². The van der Waals surface area contributed by atoms with Gasteiger partial charge in [0.15, 0.2) is 6.10 Å². The highest BCUT2D eigenvalue weighted by Crippen LogP contribution is 2.17. The molecule has 0 aliphatic carbocycles. The van der Waals surface area contributed by atoms with Gasteiger partial charge in [0.2, 0.25) is 0 Å². The Hall–Kier alpha value is -2.63. The minimum Gasteiger partial charge on any atom is -0.462 e. The number of allylic oxidation sites excluding steroid dienone is 8. The van der Waals surface area contributed by atoms with Crippen molar-refractivity contribution < 1.29 is 28.6 Å². The third-order valence-electron chi connectivity index (χ3n) is 13.3. The average molecular weight is 968 g/mol. The SMILES string of the molecule is CC/C=C\C/C=C\C/C=C\C/C=C\CCCCC(=O)OC(COC(=O)CCCCCCCCCCC)COC(=O)CCCCCCCCCCCCCCCCCCCCCCCCCCCCC. The van der Waals surface area contributed by atoms with Gasteiger partial charge >= 0.3 is 17.9 Å². The summed E-state index contributed by atoms with van der Waals surface area (Å²) in [6.07, 6.45) is 71.4. The Morgan fingerprint density at radius 1 is 0.304 bits per heavy atom. The topological polar surface area (TPSA) is 78.9 Å². The molecule has 0 aromatic carbocycles. The lowest BCUT2D eigenvalue weighted by atomic mass is 10.0. The van der Waals surface area contributed by atoms with Gasteiger partial charge in [-0.25, -0.2) is 0 Å². The van der Waals surface area contributed by atoms with E-state index in [1.54, 1.807) is 0 Å². The van der Waals surface area contributed by atoms with E-state index in [2.05, 4.69) is 69.4 Å². The van der Waals surface area contributed by atoms with E-state index in [1.165, 1.54) is 193 Å². The van der Waals surface area contributed by atoms with Gasteiger partial charge < -0.3 is 14.2 Å². The molecule has 0 rings (SSSR count). The van der Waals surface area contributed by atoms with Gasteiger partial charge in [-0.3, -0.25) is 14.4 Å². The highest BCUT2D eigenvalue weighted by Gasteiger charge is 2.19. The summed E-state index contributed by atoms with van der Waals surface area (Å²) in [6.45, 7) is 6.51. The molecule has 0 N–H and O–H groups in total. The molecular weight excluding hydrogens is 853 g/mol. The fourth-order valence-corrected chi connectivity index (χ4v) is 8.85. The number of carbonyl (C=O) groups is 3. The van der Waals surface area contributed by atoms with E-state index in [1.807, 2.05) is 0 Å². The number of hydrogen-bond acceptors (Lipinski definition) is 6. The van der Waals surface area contributed by atoms with Gasteiger partial charge in [-0.15, -0.1) is 0 Å². The minimum atomic E-state index is -0.790. The molecule has 0 aromatic heterocycles. The fourth-order valence-electron chi connectivity index (χ4n) is 8.85. The van der Waals surface area contributed by atoms with Crippen LogP contribution in [0.3, 0.4) is 0 Å². The Balaban J connectivity index is 4.14. The first-order valence-corrected chi connectivity index (χ1v) is 30.1. The first-order valence-electron chi connectivity index (χ1n) is 30.1. The molecule has 0 saturated heterocycles. The van der Waals surface area contributed by atoms with Crippen molar-refractivity contribution in [2.45, 2.75) is 322 Å². The van der Waals surface area contributed by atoms with Crippen molar-refractivity contribution in [1.82, 2.24) is 0 Å². The van der Waals surface area contributed by atoms with Crippen molar-refractivity contribution in [2.24, 2.45) is 0 Å². The third kappa shape index (κ3) is 56.2. The summed E-state index contributed by atoms with van der Waals surface area (Å²) in [5, 5.41) is 0. The maximum Gasteiger partial charge on any atom is 0.306 e. The maximum atomic E-state index is 12.8. The Labute approximate surface area is 428 Å². The molecular formula is C63H114O6. The van der Waals surface area contributed by atoms with Gasteiger partial charge in [-0.2, -0.15) is 0 Å². The van der Waals surface area contributed by atoms with Gasteiger partial charge in [0.25, 0.3) is 0 Å². The van der Waals surface area contributed by atoms with Crippen LogP contribution >= 0.6 is 0 Å². The summed E-state index contributed by atoms with van der Waals surface area (Å²) in [5.41, 5.74) is 0. The molecule has 402 valence electrons. The Morgan fingerprint density at radius 3 is 0.884 bits per heavy atom. The normalized spacial score (nSPS) is 12.3. The van der Waals surface area contributed by atoms with E-state index in [0.29, 0.717) is 19.3 Å². The molecule has 69 heavy (non-hydrogen) atoms. The van der Waals surface area contributed by atoms with Crippen molar-refractivity contribution in [3.05, 3.63) is 48.6 Å². The zero-order valence-corrected chi connectivity index (χ0v) is 46.1. The summed E-state index contributed by atoms with van der Waals surface area (Å²) in [7, 11) is 0. The summed E-state index contributed by atoms with van der Waals surface area (Å²) in [5.74, 6) is -0.916. The number of rotatable bonds is 55. The van der Waals surface area contributed by atoms with Crippen LogP contribution in [0.5, 0.6) is 0 Å². The van der Waals surface area contributed by atoms with E-state index < -0.39 is 6.10 Å². The molecule has 0 aliphatic heterocycles. The first-order chi connectivity index (χ1) is 34.0. The monoisotopic (exact) mass is 967 g/mol. The van der Waals surface area contributed by atoms with Crippen molar-refractivity contribution in [2.75, 3.05) is 13.2 Å². The zero-order valence-electron chi connectivity index (χ0n) is 46.1. The van der Waals surface area contributed by atoms with E-state index in [-0.39, 0.29) is 37.5 Å². The molecule has 1 atom stereocenters. The van der Waals surface area contributed by atoms with Crippen LogP contribution in [0.2, 0.25) is 0 Å². The number of ether oxygens (including phenoxy) is 3. The second kappa shape index (κ2) is 57.9. The van der Waals surface area contributed by atoms with Gasteiger partial charge in [0.1, 0.15) is 13.2 Å². The van der Waals surface area contributed by atoms with Gasteiger partial charge in [-0.05, 0) is 57.8 Å². The molecule has 6 heteroatoms. The smallest absolute Gasteiger partial charge is 0.306 e. The van der Waals surface area contributed by atoms with E-state index in [0.717, 1.165) is 77.0 Å². The van der Waals surface area contributed by atoms with Gasteiger partial charge in [-0.1, -0.05) is 288 Å². The Bertz CT molecular complexity index is 1200. The molecule has 6 nitrogen and oxygen atoms in total. The van der Waals surface area contributed by atoms with Crippen LogP contribution in [0.25, 0.3) is 0 Å². The number of hydrogen-bond donors (Lipinski definition) is 0. The molecule has 1 unspecified atom stereocenters. The molecule has 0 heterocycles. The summed E-state index contributed by atoms with van der Waals surface area (Å²) >= 11 is 0. The van der Waals surface area contributed by atoms with Crippen LogP contribution in [0.15, 0.2) is 48.6 Å². The Morgan fingerprint density at radius 2 is 0.565 bits per heavy atom. The largest absolute Gasteiger partial charge is 0.462 e. The molecule has 0 fully saturated rings. The molecule has 0 amide bonds. The number of carbonyl (C=O) groups excluding carboxylic acids is 3. The van der Waals surface area contributed by atoms with Crippen LogP contribution in [-0.4, -0.2) is 37.2 Å². The lowest BCUT2D eigenvalue weighted by Gasteiger charge is -2.18. The van der Waals surface area contributed by atoms with Crippen molar-refractivity contribution in [1.29, 1.82) is 0 Å². The van der Waals surface area contributed by atoms with Crippen molar-refractivity contribution >= 4 is 17.9 Å². The molecule has 0 spiro atoms. The fraction of sp³-hybridized carbons (Fsp3) is 0.825. The predicted molar refractivity (Wildman–Crippen MR) is 298 cm³/mol. The molecule has 0 saturated carbocycles. The van der Waals surface area contributed by atoms with E-state index >= 15 is 0 Å². The average Bonchev–Trinajstić information content (AvgIpc) is 3.35. The molecule has 0 aliphatic rings. The van der Waals surface area contributed by atoms with Gasteiger partial charge in [0.05, 0.1) is 0 Å². The molecule has 0 bridgehead atoms. The highest BCUT2D eigenvalue weighted by molar-refractivity contribution is 5.71. The standard InChI is InChI=1S/C63H114O6/c1-4-7-10-13-16-19-21-23-25-26-27-28-29-30-31-32-33-34-35-36-38-39-41-44-47-50-53-56-62(65)68-59-60(58-67-61(64)55-52-49-46-43-18-15-12-9-6-3)69-63(66)57-54-51-48-45-42-40-37-24-22-20-17-14-11-8-5-2/h8,11,17,20,24,37,42,45,60H,4-7,9-10,12-16,18-19,21-23,25-36,38-41,43-44,46-59H2,1-3H3/b11-8-,20-17-,37-24-,45-42-. The number of unbranched alkanes of at least 4 members (excludes halogenated alkanes) is 36. The van der Waals surface area contributed by atoms with Crippen molar-refractivity contribution in [3.63, 3.8) is 0 Å². The summed E-state index contributed by atoms with van der Waals surface area (Å²) in [6, 6.07) is 0. The van der Waals surface area contributed by atoms with Crippen LogP contribution < -0.4 is 0 Å². The number of esters is 3. The maximum absolute atomic E-state index is 12.8. The second-order valence-corrected chi connectivity index (χ2v) is 20.2. The predicted octanol–water partition coefficient (Wildman–Crippen LogP) is 20.2. The molecule has 0 aromatic rings. The zero-order chi connectivity index (χ0) is 50.0. The lowest BCUT2D eigenvalue weighted by molar-refractivity contribution is -0.167. The van der Waals surface area contributed by atoms with Crippen molar-refractivity contribution in [3.8, 4) is 0 Å². The lowest BCUT2D eigenvalue weighted by Crippen LogP contribution is -2.30. The minimum absolute atomic E-state index is 0.0860. The van der Waals surface area contributed by atoms with E-state index in [9.17, 15) is 14.4 Å². The highest BCUT2D eigenvalue weighted by atomic mass is 16.6.